The number of ether oxygens (including phenoxy) is 2. The molecule has 3 rings (SSSR count). The monoisotopic (exact) mass is 458 g/mol. The summed E-state index contributed by atoms with van der Waals surface area (Å²) in [5.74, 6) is 1.12. The number of anilines is 1. The van der Waals surface area contributed by atoms with E-state index in [1.54, 1.807) is 10.8 Å². The third-order valence-corrected chi connectivity index (χ3v) is 5.46. The average molecular weight is 459 g/mol. The predicted molar refractivity (Wildman–Crippen MR) is 130 cm³/mol. The Kier molecular flexibility index (Phi) is 6.96. The minimum atomic E-state index is -0.573. The highest BCUT2D eigenvalue weighted by atomic mass is 16.6. The zero-order valence-electron chi connectivity index (χ0n) is 21.2. The van der Waals surface area contributed by atoms with Gasteiger partial charge in [0.25, 0.3) is 0 Å². The lowest BCUT2D eigenvalue weighted by atomic mass is 10.0. The van der Waals surface area contributed by atoms with Gasteiger partial charge in [-0.25, -0.2) is 14.6 Å². The maximum atomic E-state index is 12.8. The number of fused-ring (bicyclic) bond motifs is 1. The Labute approximate surface area is 196 Å². The highest BCUT2D eigenvalue weighted by molar-refractivity contribution is 5.93. The largest absolute Gasteiger partial charge is 0.444 e. The van der Waals surface area contributed by atoms with Crippen LogP contribution < -0.4 is 10.2 Å². The number of rotatable bonds is 3. The Morgan fingerprint density at radius 1 is 1.06 bits per heavy atom. The van der Waals surface area contributed by atoms with E-state index >= 15 is 0 Å². The van der Waals surface area contributed by atoms with E-state index in [0.29, 0.717) is 0 Å². The molecule has 1 saturated heterocycles. The molecule has 0 atom stereocenters. The van der Waals surface area contributed by atoms with Crippen molar-refractivity contribution < 1.29 is 19.1 Å². The molecule has 2 aromatic heterocycles. The number of nitrogens with zero attached hydrogens (tertiary/aromatic N) is 3. The fourth-order valence-electron chi connectivity index (χ4n) is 3.96. The van der Waals surface area contributed by atoms with Gasteiger partial charge in [0.05, 0.1) is 11.7 Å². The standard InChI is InChI=1S/C25H38N4O4/c1-16(2)19-15-29(23(31)33-25(6,7)8)20-14-26-21(13-18(19)20)28-11-9-17(10-12-28)27-22(30)32-24(3,4)5/h13-17H,9-12H2,1-8H3,(H,27,30). The molecule has 1 amide bonds. The molecule has 1 N–H and O–H groups in total. The maximum absolute atomic E-state index is 12.8. The van der Waals surface area contributed by atoms with Crippen molar-refractivity contribution in [3.05, 3.63) is 24.0 Å². The number of hydrogen-bond acceptors (Lipinski definition) is 6. The molecule has 0 bridgehead atoms. The molecule has 2 aromatic rings. The molecule has 0 aromatic carbocycles. The van der Waals surface area contributed by atoms with E-state index in [0.717, 1.165) is 48.2 Å². The Morgan fingerprint density at radius 3 is 2.21 bits per heavy atom. The first-order valence-electron chi connectivity index (χ1n) is 11.7. The number of carbonyl (C=O) groups is 2. The quantitative estimate of drug-likeness (QED) is 0.659. The number of alkyl carbamates (subject to hydrolysis) is 1. The van der Waals surface area contributed by atoms with Crippen molar-refractivity contribution in [1.29, 1.82) is 0 Å². The topological polar surface area (TPSA) is 85.7 Å². The van der Waals surface area contributed by atoms with Crippen molar-refractivity contribution >= 4 is 28.9 Å². The molecule has 0 unspecified atom stereocenters. The number of piperidine rings is 1. The lowest BCUT2D eigenvalue weighted by Gasteiger charge is -2.33. The molecule has 33 heavy (non-hydrogen) atoms. The van der Waals surface area contributed by atoms with Gasteiger partial charge in [0.1, 0.15) is 17.0 Å². The highest BCUT2D eigenvalue weighted by Gasteiger charge is 2.26. The van der Waals surface area contributed by atoms with Crippen molar-refractivity contribution in [3.8, 4) is 0 Å². The molecule has 8 heteroatoms. The minimum absolute atomic E-state index is 0.0827. The maximum Gasteiger partial charge on any atom is 0.419 e. The molecule has 1 aliphatic heterocycles. The molecule has 8 nitrogen and oxygen atoms in total. The van der Waals surface area contributed by atoms with Crippen LogP contribution in [0, 0.1) is 0 Å². The number of carbonyl (C=O) groups excluding carboxylic acids is 2. The Bertz CT molecular complexity index is 1010. The van der Waals surface area contributed by atoms with Gasteiger partial charge in [0.2, 0.25) is 0 Å². The lowest BCUT2D eigenvalue weighted by Crippen LogP contribution is -2.46. The molecular formula is C25H38N4O4. The van der Waals surface area contributed by atoms with Gasteiger partial charge in [0.15, 0.2) is 0 Å². The van der Waals surface area contributed by atoms with E-state index in [2.05, 4.69) is 35.1 Å². The van der Waals surface area contributed by atoms with Gasteiger partial charge >= 0.3 is 12.2 Å². The van der Waals surface area contributed by atoms with Crippen molar-refractivity contribution in [3.63, 3.8) is 0 Å². The fourth-order valence-corrected chi connectivity index (χ4v) is 3.96. The number of hydrogen-bond donors (Lipinski definition) is 1. The van der Waals surface area contributed by atoms with Crippen LogP contribution in [0.4, 0.5) is 15.4 Å². The van der Waals surface area contributed by atoms with E-state index in [9.17, 15) is 9.59 Å². The molecule has 1 fully saturated rings. The van der Waals surface area contributed by atoms with Gasteiger partial charge in [-0.05, 0) is 71.9 Å². The second kappa shape index (κ2) is 9.23. The van der Waals surface area contributed by atoms with Gasteiger partial charge in [-0.1, -0.05) is 13.8 Å². The molecule has 0 aliphatic carbocycles. The summed E-state index contributed by atoms with van der Waals surface area (Å²) >= 11 is 0. The molecule has 3 heterocycles. The zero-order valence-corrected chi connectivity index (χ0v) is 21.2. The summed E-state index contributed by atoms with van der Waals surface area (Å²) in [4.78, 5) is 31.7. The third kappa shape index (κ3) is 6.39. The van der Waals surface area contributed by atoms with Gasteiger partial charge in [-0.3, -0.25) is 4.57 Å². The van der Waals surface area contributed by atoms with Crippen LogP contribution in [0.25, 0.3) is 10.9 Å². The van der Waals surface area contributed by atoms with Crippen LogP contribution in [-0.4, -0.2) is 52.1 Å². The minimum Gasteiger partial charge on any atom is -0.444 e. The summed E-state index contributed by atoms with van der Waals surface area (Å²) in [6.07, 6.45) is 4.48. The summed E-state index contributed by atoms with van der Waals surface area (Å²) in [6.45, 7) is 16.9. The first kappa shape index (κ1) is 24.9. The fraction of sp³-hybridized carbons (Fsp3) is 0.640. The van der Waals surface area contributed by atoms with Crippen LogP contribution in [0.3, 0.4) is 0 Å². The summed E-state index contributed by atoms with van der Waals surface area (Å²) in [5, 5.41) is 3.98. The Hall–Kier alpha value is -2.77. The highest BCUT2D eigenvalue weighted by Crippen LogP contribution is 2.31. The van der Waals surface area contributed by atoms with E-state index in [-0.39, 0.29) is 18.1 Å². The first-order chi connectivity index (χ1) is 15.2. The molecule has 0 spiro atoms. The van der Waals surface area contributed by atoms with Gasteiger partial charge < -0.3 is 19.7 Å². The van der Waals surface area contributed by atoms with Crippen molar-refractivity contribution in [2.24, 2.45) is 0 Å². The number of nitrogens with one attached hydrogen (secondary N) is 1. The van der Waals surface area contributed by atoms with Crippen LogP contribution >= 0.6 is 0 Å². The second-order valence-electron chi connectivity index (χ2n) is 11.1. The summed E-state index contributed by atoms with van der Waals surface area (Å²) in [7, 11) is 0. The molecule has 0 radical (unpaired) electrons. The third-order valence-electron chi connectivity index (χ3n) is 5.46. The van der Waals surface area contributed by atoms with E-state index in [1.165, 1.54) is 0 Å². The lowest BCUT2D eigenvalue weighted by molar-refractivity contribution is 0.0494. The van der Waals surface area contributed by atoms with Crippen molar-refractivity contribution in [1.82, 2.24) is 14.9 Å². The smallest absolute Gasteiger partial charge is 0.419 e. The van der Waals surface area contributed by atoms with Crippen LogP contribution in [0.1, 0.15) is 79.7 Å². The molecule has 0 saturated carbocycles. The van der Waals surface area contributed by atoms with Crippen LogP contribution in [0.5, 0.6) is 0 Å². The van der Waals surface area contributed by atoms with Crippen LogP contribution in [0.15, 0.2) is 18.5 Å². The number of amides is 1. The summed E-state index contributed by atoms with van der Waals surface area (Å²) < 4.78 is 12.5. The Balaban J connectivity index is 1.76. The first-order valence-corrected chi connectivity index (χ1v) is 11.7. The Morgan fingerprint density at radius 2 is 1.67 bits per heavy atom. The van der Waals surface area contributed by atoms with E-state index in [4.69, 9.17) is 9.47 Å². The molecule has 1 aliphatic rings. The molecular weight excluding hydrogens is 420 g/mol. The number of aromatic nitrogens is 2. The molecule has 182 valence electrons. The van der Waals surface area contributed by atoms with Crippen LogP contribution in [0.2, 0.25) is 0 Å². The van der Waals surface area contributed by atoms with Gasteiger partial charge in [-0.2, -0.15) is 0 Å². The van der Waals surface area contributed by atoms with Crippen molar-refractivity contribution in [2.45, 2.75) is 91.4 Å². The second-order valence-corrected chi connectivity index (χ2v) is 11.1. The van der Waals surface area contributed by atoms with Gasteiger partial charge in [0, 0.05) is 30.7 Å². The zero-order chi connectivity index (χ0) is 24.6. The van der Waals surface area contributed by atoms with Gasteiger partial charge in [-0.15, -0.1) is 0 Å². The summed E-state index contributed by atoms with van der Waals surface area (Å²) in [5.41, 5.74) is 0.754. The van der Waals surface area contributed by atoms with Crippen LogP contribution in [-0.2, 0) is 9.47 Å². The predicted octanol–water partition coefficient (Wildman–Crippen LogP) is 5.44. The summed E-state index contributed by atoms with van der Waals surface area (Å²) in [6, 6.07) is 2.15. The van der Waals surface area contributed by atoms with E-state index in [1.807, 2.05) is 47.7 Å². The average Bonchev–Trinajstić information content (AvgIpc) is 3.05. The number of pyridine rings is 1. The van der Waals surface area contributed by atoms with E-state index < -0.39 is 17.3 Å². The SMILES string of the molecule is CC(C)c1cn(C(=O)OC(C)(C)C)c2cnc(N3CCC(NC(=O)OC(C)(C)C)CC3)cc12. The normalized spacial score (nSPS) is 15.7. The van der Waals surface area contributed by atoms with Crippen molar-refractivity contribution in [2.75, 3.05) is 18.0 Å².